The summed E-state index contributed by atoms with van der Waals surface area (Å²) in [5.41, 5.74) is 2.56. The fourth-order valence-electron chi connectivity index (χ4n) is 1.37. The van der Waals surface area contributed by atoms with Crippen LogP contribution in [-0.2, 0) is 0 Å². The van der Waals surface area contributed by atoms with Gasteiger partial charge in [-0.25, -0.2) is 0 Å². The molecule has 0 radical (unpaired) electrons. The number of hydrogen-bond donors (Lipinski definition) is 1. The Morgan fingerprint density at radius 3 is 2.29 bits per heavy atom. The van der Waals surface area contributed by atoms with Crippen LogP contribution in [0.25, 0.3) is 0 Å². The van der Waals surface area contributed by atoms with Crippen molar-refractivity contribution in [2.24, 2.45) is 0 Å². The lowest BCUT2D eigenvalue weighted by molar-refractivity contribution is 0.546. The molecule has 0 saturated carbocycles. The van der Waals surface area contributed by atoms with E-state index >= 15 is 0 Å². The van der Waals surface area contributed by atoms with Crippen molar-refractivity contribution in [1.29, 1.82) is 0 Å². The van der Waals surface area contributed by atoms with Gasteiger partial charge in [0.15, 0.2) is 0 Å². The van der Waals surface area contributed by atoms with Crippen molar-refractivity contribution in [3.63, 3.8) is 0 Å². The fraction of sp³-hybridized carbons (Fsp3) is 0.385. The van der Waals surface area contributed by atoms with E-state index in [1.807, 2.05) is 6.92 Å². The maximum absolute atomic E-state index is 5.31. The van der Waals surface area contributed by atoms with Gasteiger partial charge in [-0.05, 0) is 26.3 Å². The maximum Gasteiger partial charge on any atom is 0.0662 e. The predicted molar refractivity (Wildman–Crippen MR) is 61.0 cm³/mol. The van der Waals surface area contributed by atoms with Crippen LogP contribution in [0.15, 0.2) is 24.3 Å². The number of benzene rings is 1. The Hall–Kier alpha value is -1.26. The van der Waals surface area contributed by atoms with Gasteiger partial charge in [-0.3, -0.25) is 5.32 Å². The number of rotatable bonds is 3. The SMILES string of the molecule is C#CC(C)N[C@@H](C)c1ccc(C)cc1. The molecule has 0 amide bonds. The summed E-state index contributed by atoms with van der Waals surface area (Å²) >= 11 is 0. The molecular weight excluding hydrogens is 170 g/mol. The number of terminal acetylenes is 1. The Morgan fingerprint density at radius 2 is 1.79 bits per heavy atom. The molecule has 0 saturated heterocycles. The minimum Gasteiger partial charge on any atom is -0.297 e. The summed E-state index contributed by atoms with van der Waals surface area (Å²) < 4.78 is 0. The maximum atomic E-state index is 5.31. The first-order chi connectivity index (χ1) is 6.63. The number of hydrogen-bond acceptors (Lipinski definition) is 1. The molecule has 0 spiro atoms. The average molecular weight is 187 g/mol. The van der Waals surface area contributed by atoms with Crippen LogP contribution in [0.1, 0.15) is 31.0 Å². The molecule has 0 aliphatic heterocycles. The minimum atomic E-state index is 0.117. The molecule has 1 aromatic rings. The first kappa shape index (κ1) is 10.8. The van der Waals surface area contributed by atoms with E-state index in [1.165, 1.54) is 11.1 Å². The highest BCUT2D eigenvalue weighted by atomic mass is 14.9. The summed E-state index contributed by atoms with van der Waals surface area (Å²) in [6.07, 6.45) is 5.31. The molecule has 2 atom stereocenters. The lowest BCUT2D eigenvalue weighted by Crippen LogP contribution is -2.27. The third-order valence-electron chi connectivity index (χ3n) is 2.33. The zero-order valence-electron chi connectivity index (χ0n) is 9.04. The highest BCUT2D eigenvalue weighted by Gasteiger charge is 2.06. The molecule has 0 aromatic heterocycles. The highest BCUT2D eigenvalue weighted by molar-refractivity contribution is 5.24. The van der Waals surface area contributed by atoms with Gasteiger partial charge < -0.3 is 0 Å². The Balaban J connectivity index is 2.66. The van der Waals surface area contributed by atoms with E-state index in [1.54, 1.807) is 0 Å². The molecule has 0 bridgehead atoms. The Kier molecular flexibility index (Phi) is 3.73. The lowest BCUT2D eigenvalue weighted by atomic mass is 10.1. The Bertz CT molecular complexity index is 318. The molecule has 0 aliphatic rings. The van der Waals surface area contributed by atoms with Gasteiger partial charge in [-0.1, -0.05) is 35.7 Å². The van der Waals surface area contributed by atoms with Crippen molar-refractivity contribution in [1.82, 2.24) is 5.32 Å². The monoisotopic (exact) mass is 187 g/mol. The largest absolute Gasteiger partial charge is 0.297 e. The van der Waals surface area contributed by atoms with E-state index < -0.39 is 0 Å². The van der Waals surface area contributed by atoms with Gasteiger partial charge in [-0.15, -0.1) is 6.42 Å². The van der Waals surface area contributed by atoms with E-state index in [-0.39, 0.29) is 6.04 Å². The second kappa shape index (κ2) is 4.83. The van der Waals surface area contributed by atoms with Crippen molar-refractivity contribution < 1.29 is 0 Å². The second-order valence-electron chi connectivity index (χ2n) is 3.69. The molecule has 1 rings (SSSR count). The number of nitrogens with one attached hydrogen (secondary N) is 1. The molecule has 1 N–H and O–H groups in total. The lowest BCUT2D eigenvalue weighted by Gasteiger charge is -2.16. The van der Waals surface area contributed by atoms with Crippen LogP contribution in [0.3, 0.4) is 0 Å². The van der Waals surface area contributed by atoms with Crippen molar-refractivity contribution in [3.05, 3.63) is 35.4 Å². The topological polar surface area (TPSA) is 12.0 Å². The van der Waals surface area contributed by atoms with E-state index in [0.29, 0.717) is 6.04 Å². The molecule has 0 fully saturated rings. The molecule has 1 nitrogen and oxygen atoms in total. The quantitative estimate of drug-likeness (QED) is 0.717. The molecule has 1 unspecified atom stereocenters. The van der Waals surface area contributed by atoms with Crippen LogP contribution in [0.5, 0.6) is 0 Å². The molecule has 14 heavy (non-hydrogen) atoms. The minimum absolute atomic E-state index is 0.117. The van der Waals surface area contributed by atoms with E-state index in [2.05, 4.69) is 49.4 Å². The normalized spacial score (nSPS) is 14.4. The van der Waals surface area contributed by atoms with E-state index in [4.69, 9.17) is 6.42 Å². The van der Waals surface area contributed by atoms with E-state index in [9.17, 15) is 0 Å². The van der Waals surface area contributed by atoms with Crippen LogP contribution >= 0.6 is 0 Å². The van der Waals surface area contributed by atoms with Gasteiger partial charge in [0, 0.05) is 6.04 Å². The first-order valence-electron chi connectivity index (χ1n) is 4.92. The van der Waals surface area contributed by atoms with Crippen LogP contribution in [0.4, 0.5) is 0 Å². The van der Waals surface area contributed by atoms with Crippen molar-refractivity contribution >= 4 is 0 Å². The highest BCUT2D eigenvalue weighted by Crippen LogP contribution is 2.13. The van der Waals surface area contributed by atoms with Crippen molar-refractivity contribution in [2.75, 3.05) is 0 Å². The van der Waals surface area contributed by atoms with Crippen molar-refractivity contribution in [3.8, 4) is 12.3 Å². The number of aryl methyl sites for hydroxylation is 1. The third kappa shape index (κ3) is 2.90. The molecule has 74 valence electrons. The van der Waals surface area contributed by atoms with Crippen molar-refractivity contribution in [2.45, 2.75) is 32.9 Å². The average Bonchev–Trinajstić information content (AvgIpc) is 2.18. The van der Waals surface area contributed by atoms with Crippen LogP contribution < -0.4 is 5.32 Å². The van der Waals surface area contributed by atoms with Crippen LogP contribution in [0.2, 0.25) is 0 Å². The van der Waals surface area contributed by atoms with Gasteiger partial charge in [-0.2, -0.15) is 0 Å². The zero-order valence-corrected chi connectivity index (χ0v) is 9.04. The summed E-state index contributed by atoms with van der Waals surface area (Å²) in [5.74, 6) is 2.67. The second-order valence-corrected chi connectivity index (χ2v) is 3.69. The summed E-state index contributed by atoms with van der Waals surface area (Å²) in [6, 6.07) is 8.93. The molecule has 1 aromatic carbocycles. The van der Waals surface area contributed by atoms with Gasteiger partial charge in [0.25, 0.3) is 0 Å². The molecule has 0 heterocycles. The van der Waals surface area contributed by atoms with Crippen LogP contribution in [0, 0.1) is 19.3 Å². The Labute approximate surface area is 86.5 Å². The van der Waals surface area contributed by atoms with Gasteiger partial charge >= 0.3 is 0 Å². The zero-order chi connectivity index (χ0) is 10.6. The standard InChI is InChI=1S/C13H17N/c1-5-11(3)14-12(4)13-8-6-10(2)7-9-13/h1,6-9,11-12,14H,2-4H3/t11?,12-/m0/s1. The third-order valence-corrected chi connectivity index (χ3v) is 2.33. The molecule has 0 aliphatic carbocycles. The molecule has 1 heteroatoms. The molecular formula is C13H17N. The Morgan fingerprint density at radius 1 is 1.21 bits per heavy atom. The van der Waals surface area contributed by atoms with Gasteiger partial charge in [0.2, 0.25) is 0 Å². The predicted octanol–water partition coefficient (Wildman–Crippen LogP) is 2.67. The van der Waals surface area contributed by atoms with Crippen LogP contribution in [-0.4, -0.2) is 6.04 Å². The van der Waals surface area contributed by atoms with Gasteiger partial charge in [0.05, 0.1) is 6.04 Å². The smallest absolute Gasteiger partial charge is 0.0662 e. The summed E-state index contributed by atoms with van der Waals surface area (Å²) in [5, 5.41) is 3.33. The summed E-state index contributed by atoms with van der Waals surface area (Å²) in [7, 11) is 0. The summed E-state index contributed by atoms with van der Waals surface area (Å²) in [6.45, 7) is 6.20. The first-order valence-corrected chi connectivity index (χ1v) is 4.92. The van der Waals surface area contributed by atoms with Gasteiger partial charge in [0.1, 0.15) is 0 Å². The summed E-state index contributed by atoms with van der Waals surface area (Å²) in [4.78, 5) is 0. The van der Waals surface area contributed by atoms with E-state index in [0.717, 1.165) is 0 Å². The fourth-order valence-corrected chi connectivity index (χ4v) is 1.37.